The van der Waals surface area contributed by atoms with Crippen molar-refractivity contribution in [2.75, 3.05) is 11.4 Å². The zero-order valence-electron chi connectivity index (χ0n) is 8.74. The predicted molar refractivity (Wildman–Crippen MR) is 56.8 cm³/mol. The standard InChI is InChI=1S/C10H12FN3O2/c1-2-14(10(16)9(15)13-12)8-5-3-7(11)4-6-8/h3-6H,2,12H2,1H3,(H,13,15). The van der Waals surface area contributed by atoms with Gasteiger partial charge in [-0.3, -0.25) is 15.0 Å². The Morgan fingerprint density at radius 1 is 1.38 bits per heavy atom. The second-order valence-corrected chi connectivity index (χ2v) is 3.00. The SMILES string of the molecule is CCN(C(=O)C(=O)NN)c1ccc(F)cc1. The van der Waals surface area contributed by atoms with Gasteiger partial charge in [0.05, 0.1) is 0 Å². The molecule has 0 radical (unpaired) electrons. The number of hydrogen-bond acceptors (Lipinski definition) is 3. The normalized spacial score (nSPS) is 9.69. The minimum absolute atomic E-state index is 0.290. The van der Waals surface area contributed by atoms with Gasteiger partial charge in [-0.25, -0.2) is 10.2 Å². The van der Waals surface area contributed by atoms with Crippen LogP contribution in [-0.4, -0.2) is 18.4 Å². The number of hydrazine groups is 1. The highest BCUT2D eigenvalue weighted by molar-refractivity contribution is 6.40. The third-order valence-electron chi connectivity index (χ3n) is 2.03. The number of nitrogens with zero attached hydrogens (tertiary/aromatic N) is 1. The first kappa shape index (κ1) is 12.1. The van der Waals surface area contributed by atoms with E-state index in [0.717, 1.165) is 0 Å². The molecule has 16 heavy (non-hydrogen) atoms. The van der Waals surface area contributed by atoms with Crippen molar-refractivity contribution in [2.24, 2.45) is 5.84 Å². The number of likely N-dealkylation sites (N-methyl/N-ethyl adjacent to an activating group) is 1. The van der Waals surface area contributed by atoms with Crippen molar-refractivity contribution < 1.29 is 14.0 Å². The summed E-state index contributed by atoms with van der Waals surface area (Å²) >= 11 is 0. The number of nitrogens with one attached hydrogen (secondary N) is 1. The number of carbonyl (C=O) groups is 2. The fraction of sp³-hybridized carbons (Fsp3) is 0.200. The molecule has 1 aromatic rings. The fourth-order valence-electron chi connectivity index (χ4n) is 1.25. The molecular weight excluding hydrogens is 213 g/mol. The average molecular weight is 225 g/mol. The van der Waals surface area contributed by atoms with E-state index in [2.05, 4.69) is 0 Å². The Balaban J connectivity index is 2.94. The van der Waals surface area contributed by atoms with E-state index in [9.17, 15) is 14.0 Å². The lowest BCUT2D eigenvalue weighted by molar-refractivity contribution is -0.137. The highest BCUT2D eigenvalue weighted by Crippen LogP contribution is 2.14. The van der Waals surface area contributed by atoms with Crippen LogP contribution in [0, 0.1) is 5.82 Å². The molecule has 0 bridgehead atoms. The van der Waals surface area contributed by atoms with Crippen LogP contribution in [0.15, 0.2) is 24.3 Å². The predicted octanol–water partition coefficient (Wildman–Crippen LogP) is 0.168. The molecule has 0 fully saturated rings. The van der Waals surface area contributed by atoms with Crippen LogP contribution in [0.5, 0.6) is 0 Å². The fourth-order valence-corrected chi connectivity index (χ4v) is 1.25. The molecule has 0 saturated heterocycles. The van der Waals surface area contributed by atoms with Gasteiger partial charge in [0.15, 0.2) is 0 Å². The van der Waals surface area contributed by atoms with Crippen LogP contribution in [0.2, 0.25) is 0 Å². The van der Waals surface area contributed by atoms with Crippen molar-refractivity contribution in [3.05, 3.63) is 30.1 Å². The molecule has 86 valence electrons. The number of anilines is 1. The molecule has 1 rings (SSSR count). The van der Waals surface area contributed by atoms with E-state index in [-0.39, 0.29) is 6.54 Å². The summed E-state index contributed by atoms with van der Waals surface area (Å²) in [5.74, 6) is 2.76. The van der Waals surface area contributed by atoms with Gasteiger partial charge in [-0.15, -0.1) is 0 Å². The Hall–Kier alpha value is -1.95. The number of rotatable bonds is 2. The van der Waals surface area contributed by atoms with Crippen molar-refractivity contribution >= 4 is 17.5 Å². The quantitative estimate of drug-likeness (QED) is 0.326. The first-order chi connectivity index (χ1) is 7.60. The molecule has 3 N–H and O–H groups in total. The summed E-state index contributed by atoms with van der Waals surface area (Å²) in [5.41, 5.74) is 2.20. The van der Waals surface area contributed by atoms with E-state index < -0.39 is 17.6 Å². The molecule has 0 aliphatic heterocycles. The molecule has 2 amide bonds. The third-order valence-corrected chi connectivity index (χ3v) is 2.03. The molecule has 6 heteroatoms. The van der Waals surface area contributed by atoms with Crippen molar-refractivity contribution in [3.63, 3.8) is 0 Å². The zero-order valence-corrected chi connectivity index (χ0v) is 8.74. The van der Waals surface area contributed by atoms with Crippen LogP contribution < -0.4 is 16.2 Å². The number of hydrogen-bond donors (Lipinski definition) is 2. The molecule has 0 aliphatic rings. The minimum Gasteiger partial charge on any atom is -0.304 e. The van der Waals surface area contributed by atoms with E-state index in [1.165, 1.54) is 29.2 Å². The minimum atomic E-state index is -0.911. The van der Waals surface area contributed by atoms with Crippen molar-refractivity contribution in [2.45, 2.75) is 6.92 Å². The molecule has 0 spiro atoms. The highest BCUT2D eigenvalue weighted by Gasteiger charge is 2.20. The Bertz CT molecular complexity index is 392. The lowest BCUT2D eigenvalue weighted by atomic mass is 10.2. The largest absolute Gasteiger partial charge is 0.323 e. The number of benzene rings is 1. The van der Waals surface area contributed by atoms with E-state index in [0.29, 0.717) is 5.69 Å². The average Bonchev–Trinajstić information content (AvgIpc) is 2.31. The maximum Gasteiger partial charge on any atom is 0.323 e. The Morgan fingerprint density at radius 3 is 2.38 bits per heavy atom. The number of carbonyl (C=O) groups excluding carboxylic acids is 2. The Labute approximate surface area is 92.0 Å². The summed E-state index contributed by atoms with van der Waals surface area (Å²) in [5, 5.41) is 0. The lowest BCUT2D eigenvalue weighted by Crippen LogP contribution is -2.45. The van der Waals surface area contributed by atoms with E-state index >= 15 is 0 Å². The van der Waals surface area contributed by atoms with Crippen LogP contribution in [0.1, 0.15) is 6.92 Å². The van der Waals surface area contributed by atoms with Gasteiger partial charge in [-0.2, -0.15) is 0 Å². The summed E-state index contributed by atoms with van der Waals surface area (Å²) in [7, 11) is 0. The van der Waals surface area contributed by atoms with Gasteiger partial charge in [-0.1, -0.05) is 0 Å². The number of amides is 2. The van der Waals surface area contributed by atoms with Crippen LogP contribution in [-0.2, 0) is 9.59 Å². The van der Waals surface area contributed by atoms with Gasteiger partial charge in [0.25, 0.3) is 0 Å². The van der Waals surface area contributed by atoms with Crippen molar-refractivity contribution in [1.29, 1.82) is 0 Å². The Morgan fingerprint density at radius 2 is 1.94 bits per heavy atom. The van der Waals surface area contributed by atoms with E-state index in [4.69, 9.17) is 5.84 Å². The highest BCUT2D eigenvalue weighted by atomic mass is 19.1. The molecule has 0 saturated carbocycles. The van der Waals surface area contributed by atoms with Crippen LogP contribution in [0.25, 0.3) is 0 Å². The van der Waals surface area contributed by atoms with E-state index in [1.807, 2.05) is 0 Å². The second-order valence-electron chi connectivity index (χ2n) is 3.00. The number of nitrogens with two attached hydrogens (primary N) is 1. The number of halogens is 1. The Kier molecular flexibility index (Phi) is 3.96. The molecule has 0 aromatic heterocycles. The van der Waals surface area contributed by atoms with E-state index in [1.54, 1.807) is 12.3 Å². The maximum atomic E-state index is 12.7. The van der Waals surface area contributed by atoms with Crippen molar-refractivity contribution in [3.8, 4) is 0 Å². The monoisotopic (exact) mass is 225 g/mol. The second kappa shape index (κ2) is 5.22. The summed E-state index contributed by atoms with van der Waals surface area (Å²) in [4.78, 5) is 23.8. The van der Waals surface area contributed by atoms with Gasteiger partial charge in [0.1, 0.15) is 5.82 Å². The van der Waals surface area contributed by atoms with Crippen LogP contribution >= 0.6 is 0 Å². The van der Waals surface area contributed by atoms with Gasteiger partial charge in [0, 0.05) is 12.2 Å². The molecule has 0 unspecified atom stereocenters. The third kappa shape index (κ3) is 2.54. The summed E-state index contributed by atoms with van der Waals surface area (Å²) in [6.45, 7) is 1.99. The van der Waals surface area contributed by atoms with Crippen molar-refractivity contribution in [1.82, 2.24) is 5.43 Å². The van der Waals surface area contributed by atoms with Crippen LogP contribution in [0.3, 0.4) is 0 Å². The summed E-state index contributed by atoms with van der Waals surface area (Å²) in [6.07, 6.45) is 0. The first-order valence-corrected chi connectivity index (χ1v) is 4.68. The van der Waals surface area contributed by atoms with Gasteiger partial charge in [0.2, 0.25) is 0 Å². The zero-order chi connectivity index (χ0) is 12.1. The first-order valence-electron chi connectivity index (χ1n) is 4.68. The smallest absolute Gasteiger partial charge is 0.304 e. The van der Waals surface area contributed by atoms with Gasteiger partial charge >= 0.3 is 11.8 Å². The molecule has 0 heterocycles. The summed E-state index contributed by atoms with van der Waals surface area (Å²) in [6, 6.07) is 5.26. The molecule has 1 aromatic carbocycles. The molecular formula is C10H12FN3O2. The van der Waals surface area contributed by atoms with Gasteiger partial charge in [-0.05, 0) is 31.2 Å². The molecule has 5 nitrogen and oxygen atoms in total. The van der Waals surface area contributed by atoms with Gasteiger partial charge < -0.3 is 4.90 Å². The topological polar surface area (TPSA) is 75.4 Å². The maximum absolute atomic E-state index is 12.7. The summed E-state index contributed by atoms with van der Waals surface area (Å²) < 4.78 is 12.7. The lowest BCUT2D eigenvalue weighted by Gasteiger charge is -2.19. The molecule has 0 aliphatic carbocycles. The molecule has 0 atom stereocenters. The van der Waals surface area contributed by atoms with Crippen LogP contribution in [0.4, 0.5) is 10.1 Å².